The number of hydrogen-bond acceptors (Lipinski definition) is 1. The second-order valence-electron chi connectivity index (χ2n) is 3.22. The molecule has 1 nitrogen and oxygen atoms in total. The number of hydrogen-bond donors (Lipinski definition) is 0. The van der Waals surface area contributed by atoms with E-state index in [1.807, 2.05) is 0 Å². The maximum atomic E-state index is 13.0. The number of benzene rings is 1. The lowest BCUT2D eigenvalue weighted by atomic mass is 10.2. The molecule has 0 fully saturated rings. The van der Waals surface area contributed by atoms with E-state index in [1.165, 1.54) is 0 Å². The third kappa shape index (κ3) is 2.73. The van der Waals surface area contributed by atoms with Gasteiger partial charge in [0.25, 0.3) is 0 Å². The zero-order valence-electron chi connectivity index (χ0n) is 7.98. The molecule has 0 aromatic heterocycles. The van der Waals surface area contributed by atoms with Crippen molar-refractivity contribution in [3.63, 3.8) is 0 Å². The molecule has 0 aliphatic carbocycles. The van der Waals surface area contributed by atoms with Gasteiger partial charge in [-0.25, -0.2) is 13.2 Å². The summed E-state index contributed by atoms with van der Waals surface area (Å²) in [6.45, 7) is 3.50. The lowest BCUT2D eigenvalue weighted by Crippen LogP contribution is -2.04. The van der Waals surface area contributed by atoms with Crippen molar-refractivity contribution < 1.29 is 17.9 Å². The van der Waals surface area contributed by atoms with Crippen molar-refractivity contribution in [2.75, 3.05) is 0 Å². The van der Waals surface area contributed by atoms with Crippen molar-refractivity contribution in [3.05, 3.63) is 35.1 Å². The zero-order chi connectivity index (χ0) is 10.7. The van der Waals surface area contributed by atoms with E-state index in [0.717, 1.165) is 6.07 Å². The third-order valence-corrected chi connectivity index (χ3v) is 1.66. The molecule has 4 heteroatoms. The number of rotatable bonds is 3. The van der Waals surface area contributed by atoms with Crippen LogP contribution in [0, 0.1) is 17.5 Å². The van der Waals surface area contributed by atoms with E-state index >= 15 is 0 Å². The van der Waals surface area contributed by atoms with Gasteiger partial charge in [0, 0.05) is 11.6 Å². The van der Waals surface area contributed by atoms with E-state index < -0.39 is 17.5 Å². The molecule has 0 aliphatic rings. The van der Waals surface area contributed by atoms with Crippen LogP contribution in [0.2, 0.25) is 0 Å². The van der Waals surface area contributed by atoms with E-state index in [2.05, 4.69) is 0 Å². The van der Waals surface area contributed by atoms with Crippen LogP contribution in [-0.2, 0) is 11.3 Å². The van der Waals surface area contributed by atoms with Gasteiger partial charge in [-0.15, -0.1) is 0 Å². The van der Waals surface area contributed by atoms with E-state index in [-0.39, 0.29) is 18.3 Å². The fourth-order valence-electron chi connectivity index (χ4n) is 0.931. The maximum absolute atomic E-state index is 13.0. The highest BCUT2D eigenvalue weighted by Crippen LogP contribution is 2.14. The first-order valence-corrected chi connectivity index (χ1v) is 4.25. The molecule has 0 unspecified atom stereocenters. The van der Waals surface area contributed by atoms with Crippen LogP contribution in [-0.4, -0.2) is 6.10 Å². The van der Waals surface area contributed by atoms with Crippen molar-refractivity contribution in [2.24, 2.45) is 0 Å². The summed E-state index contributed by atoms with van der Waals surface area (Å²) in [7, 11) is 0. The van der Waals surface area contributed by atoms with Crippen LogP contribution in [0.25, 0.3) is 0 Å². The molecule has 0 saturated carbocycles. The van der Waals surface area contributed by atoms with Gasteiger partial charge in [-0.2, -0.15) is 0 Å². The summed E-state index contributed by atoms with van der Waals surface area (Å²) in [6, 6.07) is 1.33. The summed E-state index contributed by atoms with van der Waals surface area (Å²) in [6.07, 6.45) is -0.0810. The molecule has 1 rings (SSSR count). The molecule has 0 amide bonds. The summed E-state index contributed by atoms with van der Waals surface area (Å²) >= 11 is 0. The van der Waals surface area contributed by atoms with Gasteiger partial charge in [-0.1, -0.05) is 0 Å². The molecule has 14 heavy (non-hydrogen) atoms. The minimum Gasteiger partial charge on any atom is -0.374 e. The summed E-state index contributed by atoms with van der Waals surface area (Å²) in [5.74, 6) is -3.03. The number of ether oxygens (including phenoxy) is 1. The van der Waals surface area contributed by atoms with Gasteiger partial charge in [0.1, 0.15) is 5.82 Å². The molecule has 0 spiro atoms. The Morgan fingerprint density at radius 2 is 1.64 bits per heavy atom. The highest BCUT2D eigenvalue weighted by atomic mass is 19.2. The smallest absolute Gasteiger partial charge is 0.161 e. The monoisotopic (exact) mass is 204 g/mol. The van der Waals surface area contributed by atoms with Gasteiger partial charge in [0.2, 0.25) is 0 Å². The standard InChI is InChI=1S/C10H11F3O/c1-6(2)14-5-7-3-9(12)10(13)4-8(7)11/h3-4,6H,5H2,1-2H3. The van der Waals surface area contributed by atoms with Gasteiger partial charge in [0.15, 0.2) is 11.6 Å². The Hall–Kier alpha value is -1.03. The topological polar surface area (TPSA) is 9.23 Å². The first-order valence-electron chi connectivity index (χ1n) is 4.25. The molecule has 0 heterocycles. The summed E-state index contributed by atoms with van der Waals surface area (Å²) in [5.41, 5.74) is 0.0256. The fourth-order valence-corrected chi connectivity index (χ4v) is 0.931. The number of halogens is 3. The van der Waals surface area contributed by atoms with Crippen molar-refractivity contribution in [2.45, 2.75) is 26.6 Å². The molecule has 0 saturated heterocycles. The molecule has 0 radical (unpaired) electrons. The maximum Gasteiger partial charge on any atom is 0.161 e. The molecule has 1 aromatic carbocycles. The Morgan fingerprint density at radius 3 is 2.21 bits per heavy atom. The van der Waals surface area contributed by atoms with Crippen LogP contribution in [0.15, 0.2) is 12.1 Å². The van der Waals surface area contributed by atoms with E-state index in [1.54, 1.807) is 13.8 Å². The van der Waals surface area contributed by atoms with Gasteiger partial charge < -0.3 is 4.74 Å². The lowest BCUT2D eigenvalue weighted by Gasteiger charge is -2.08. The normalized spacial score (nSPS) is 11.0. The first-order chi connectivity index (χ1) is 6.50. The Labute approximate surface area is 80.5 Å². The minimum atomic E-state index is -1.18. The van der Waals surface area contributed by atoms with Crippen LogP contribution < -0.4 is 0 Å². The molecule has 78 valence electrons. The molecule has 0 bridgehead atoms. The van der Waals surface area contributed by atoms with Gasteiger partial charge in [-0.3, -0.25) is 0 Å². The van der Waals surface area contributed by atoms with Gasteiger partial charge in [0.05, 0.1) is 12.7 Å². The SMILES string of the molecule is CC(C)OCc1cc(F)c(F)cc1F. The molecule has 1 aromatic rings. The molecule has 0 aliphatic heterocycles. The van der Waals surface area contributed by atoms with E-state index in [4.69, 9.17) is 4.74 Å². The minimum absolute atomic E-state index is 0.0256. The van der Waals surface area contributed by atoms with Crippen molar-refractivity contribution in [3.8, 4) is 0 Å². The summed E-state index contributed by atoms with van der Waals surface area (Å²) in [5, 5.41) is 0. The van der Waals surface area contributed by atoms with Crippen LogP contribution in [0.3, 0.4) is 0 Å². The van der Waals surface area contributed by atoms with Gasteiger partial charge >= 0.3 is 0 Å². The molecule has 0 N–H and O–H groups in total. The van der Waals surface area contributed by atoms with Crippen molar-refractivity contribution in [1.29, 1.82) is 0 Å². The highest BCUT2D eigenvalue weighted by Gasteiger charge is 2.09. The predicted molar refractivity (Wildman–Crippen MR) is 46.2 cm³/mol. The Kier molecular flexibility index (Phi) is 3.52. The average Bonchev–Trinajstić information content (AvgIpc) is 2.09. The molecular weight excluding hydrogens is 193 g/mol. The second-order valence-corrected chi connectivity index (χ2v) is 3.22. The Morgan fingerprint density at radius 1 is 1.07 bits per heavy atom. The third-order valence-electron chi connectivity index (χ3n) is 1.66. The summed E-state index contributed by atoms with van der Waals surface area (Å²) < 4.78 is 43.3. The van der Waals surface area contributed by atoms with E-state index in [9.17, 15) is 13.2 Å². The zero-order valence-corrected chi connectivity index (χ0v) is 7.98. The Balaban J connectivity index is 2.82. The largest absolute Gasteiger partial charge is 0.374 e. The van der Waals surface area contributed by atoms with Crippen LogP contribution in [0.4, 0.5) is 13.2 Å². The Bertz CT molecular complexity index is 323. The molecule has 0 atom stereocenters. The highest BCUT2D eigenvalue weighted by molar-refractivity contribution is 5.19. The van der Waals surface area contributed by atoms with Crippen molar-refractivity contribution in [1.82, 2.24) is 0 Å². The average molecular weight is 204 g/mol. The van der Waals surface area contributed by atoms with Crippen LogP contribution in [0.1, 0.15) is 19.4 Å². The fraction of sp³-hybridized carbons (Fsp3) is 0.400. The second kappa shape index (κ2) is 4.46. The lowest BCUT2D eigenvalue weighted by molar-refractivity contribution is 0.0636. The van der Waals surface area contributed by atoms with E-state index in [0.29, 0.717) is 6.07 Å². The quantitative estimate of drug-likeness (QED) is 0.687. The first kappa shape index (κ1) is 11.0. The van der Waals surface area contributed by atoms with Crippen molar-refractivity contribution >= 4 is 0 Å². The summed E-state index contributed by atoms with van der Waals surface area (Å²) in [4.78, 5) is 0. The van der Waals surface area contributed by atoms with Crippen LogP contribution in [0.5, 0.6) is 0 Å². The van der Waals surface area contributed by atoms with Gasteiger partial charge in [-0.05, 0) is 19.9 Å². The predicted octanol–water partition coefficient (Wildman–Crippen LogP) is 3.03. The van der Waals surface area contributed by atoms with Crippen LogP contribution >= 0.6 is 0 Å². The molecular formula is C10H11F3O.